The van der Waals surface area contributed by atoms with Crippen LogP contribution in [0.2, 0.25) is 0 Å². The maximum absolute atomic E-state index is 13.4. The van der Waals surface area contributed by atoms with Gasteiger partial charge in [-0.25, -0.2) is 8.78 Å². The molecule has 100 valence electrons. The van der Waals surface area contributed by atoms with Crippen LogP contribution in [0.3, 0.4) is 0 Å². The zero-order valence-electron chi connectivity index (χ0n) is 10.3. The van der Waals surface area contributed by atoms with Gasteiger partial charge in [-0.15, -0.1) is 0 Å². The number of nitrogens with zero attached hydrogens (tertiary/aromatic N) is 1. The zero-order valence-corrected chi connectivity index (χ0v) is 10.3. The molecule has 1 aromatic rings. The average Bonchev–Trinajstić information content (AvgIpc) is 2.31. The maximum Gasteiger partial charge on any atom is 0.303 e. The molecular formula is C13H17F2NO2. The van der Waals surface area contributed by atoms with Gasteiger partial charge >= 0.3 is 5.97 Å². The van der Waals surface area contributed by atoms with Crippen LogP contribution in [0.1, 0.15) is 25.3 Å². The topological polar surface area (TPSA) is 40.5 Å². The molecule has 1 aromatic carbocycles. The fraction of sp³-hybridized carbons (Fsp3) is 0.462. The van der Waals surface area contributed by atoms with Gasteiger partial charge < -0.3 is 5.11 Å². The predicted octanol–water partition coefficient (Wildman–Crippen LogP) is 2.65. The smallest absolute Gasteiger partial charge is 0.303 e. The summed E-state index contributed by atoms with van der Waals surface area (Å²) >= 11 is 0. The van der Waals surface area contributed by atoms with E-state index < -0.39 is 17.6 Å². The molecule has 1 N–H and O–H groups in total. The Balaban J connectivity index is 2.59. The fourth-order valence-electron chi connectivity index (χ4n) is 1.71. The first kappa shape index (κ1) is 14.6. The summed E-state index contributed by atoms with van der Waals surface area (Å²) in [4.78, 5) is 12.2. The summed E-state index contributed by atoms with van der Waals surface area (Å²) < 4.78 is 26.9. The summed E-state index contributed by atoms with van der Waals surface area (Å²) in [5, 5.41) is 8.54. The molecule has 0 spiro atoms. The molecule has 0 amide bonds. The van der Waals surface area contributed by atoms with Crippen LogP contribution in [0.15, 0.2) is 18.2 Å². The minimum absolute atomic E-state index is 0.0367. The minimum atomic E-state index is -0.858. The molecule has 0 aliphatic carbocycles. The van der Waals surface area contributed by atoms with Gasteiger partial charge in [-0.1, -0.05) is 13.0 Å². The molecule has 3 nitrogen and oxygen atoms in total. The molecule has 0 saturated heterocycles. The van der Waals surface area contributed by atoms with Crippen molar-refractivity contribution in [2.45, 2.75) is 26.3 Å². The van der Waals surface area contributed by atoms with Crippen molar-refractivity contribution < 1.29 is 18.7 Å². The van der Waals surface area contributed by atoms with Crippen LogP contribution in [0.4, 0.5) is 8.78 Å². The van der Waals surface area contributed by atoms with Crippen molar-refractivity contribution in [3.05, 3.63) is 35.4 Å². The number of carboxylic acids is 1. The van der Waals surface area contributed by atoms with E-state index in [0.717, 1.165) is 0 Å². The first-order valence-electron chi connectivity index (χ1n) is 5.91. The highest BCUT2D eigenvalue weighted by Crippen LogP contribution is 2.14. The second kappa shape index (κ2) is 7.06. The lowest BCUT2D eigenvalue weighted by molar-refractivity contribution is -0.137. The third kappa shape index (κ3) is 4.41. The minimum Gasteiger partial charge on any atom is -0.481 e. The third-order valence-electron chi connectivity index (χ3n) is 2.76. The Morgan fingerprint density at radius 2 is 1.94 bits per heavy atom. The summed E-state index contributed by atoms with van der Waals surface area (Å²) in [5.74, 6) is -1.98. The van der Waals surface area contributed by atoms with Gasteiger partial charge in [-0.3, -0.25) is 9.69 Å². The molecule has 0 radical (unpaired) electrons. The maximum atomic E-state index is 13.4. The third-order valence-corrected chi connectivity index (χ3v) is 2.76. The van der Waals surface area contributed by atoms with E-state index in [0.29, 0.717) is 19.5 Å². The summed E-state index contributed by atoms with van der Waals surface area (Å²) in [5.41, 5.74) is 0.0367. The molecule has 0 aliphatic rings. The molecule has 0 saturated carbocycles. The Kier molecular flexibility index (Phi) is 5.71. The van der Waals surface area contributed by atoms with Gasteiger partial charge in [0.1, 0.15) is 11.6 Å². The molecule has 0 atom stereocenters. The lowest BCUT2D eigenvalue weighted by Gasteiger charge is -2.20. The Labute approximate surface area is 105 Å². The summed E-state index contributed by atoms with van der Waals surface area (Å²) in [7, 11) is 0. The van der Waals surface area contributed by atoms with Crippen LogP contribution in [0.5, 0.6) is 0 Å². The highest BCUT2D eigenvalue weighted by Gasteiger charge is 2.12. The van der Waals surface area contributed by atoms with Crippen LogP contribution in [-0.2, 0) is 11.3 Å². The number of hydrogen-bond donors (Lipinski definition) is 1. The van der Waals surface area contributed by atoms with Crippen LogP contribution in [0.25, 0.3) is 0 Å². The van der Waals surface area contributed by atoms with Crippen molar-refractivity contribution in [3.8, 4) is 0 Å². The number of hydrogen-bond acceptors (Lipinski definition) is 2. The van der Waals surface area contributed by atoms with E-state index >= 15 is 0 Å². The number of halogens is 2. The monoisotopic (exact) mass is 257 g/mol. The van der Waals surface area contributed by atoms with Crippen molar-refractivity contribution >= 4 is 5.97 Å². The van der Waals surface area contributed by atoms with Gasteiger partial charge in [0.05, 0.1) is 0 Å². The van der Waals surface area contributed by atoms with E-state index in [1.54, 1.807) is 0 Å². The lowest BCUT2D eigenvalue weighted by atomic mass is 10.1. The number of carboxylic acid groups (broad SMARTS) is 1. The summed E-state index contributed by atoms with van der Waals surface area (Å²) in [6.07, 6.45) is 0.537. The van der Waals surface area contributed by atoms with E-state index in [9.17, 15) is 13.6 Å². The molecule has 0 heterocycles. The summed E-state index contributed by atoms with van der Waals surface area (Å²) in [6, 6.07) is 3.78. The Bertz CT molecular complexity index is 390. The molecule has 0 aliphatic heterocycles. The second-order valence-electron chi connectivity index (χ2n) is 4.07. The molecule has 18 heavy (non-hydrogen) atoms. The number of rotatable bonds is 7. The molecule has 0 bridgehead atoms. The molecule has 0 fully saturated rings. The standard InChI is InChI=1S/C13H17F2NO2/c1-2-16(8-4-7-13(17)18)9-10-11(14)5-3-6-12(10)15/h3,5-6H,2,4,7-9H2,1H3,(H,17,18). The van der Waals surface area contributed by atoms with Gasteiger partial charge in [0, 0.05) is 18.5 Å². The van der Waals surface area contributed by atoms with Crippen LogP contribution in [-0.4, -0.2) is 29.1 Å². The molecule has 1 rings (SSSR count). The van der Waals surface area contributed by atoms with E-state index in [1.165, 1.54) is 18.2 Å². The Hall–Kier alpha value is -1.49. The van der Waals surface area contributed by atoms with Crippen molar-refractivity contribution in [2.24, 2.45) is 0 Å². The van der Waals surface area contributed by atoms with Crippen LogP contribution < -0.4 is 0 Å². The lowest BCUT2D eigenvalue weighted by Crippen LogP contribution is -2.25. The van der Waals surface area contributed by atoms with E-state index in [2.05, 4.69) is 0 Å². The number of carbonyl (C=O) groups is 1. The first-order valence-corrected chi connectivity index (χ1v) is 5.91. The van der Waals surface area contributed by atoms with Crippen molar-refractivity contribution in [1.82, 2.24) is 4.90 Å². The number of benzene rings is 1. The number of aliphatic carboxylic acids is 1. The molecule has 0 aromatic heterocycles. The Morgan fingerprint density at radius 3 is 2.44 bits per heavy atom. The van der Waals surface area contributed by atoms with Gasteiger partial charge in [-0.05, 0) is 31.6 Å². The second-order valence-corrected chi connectivity index (χ2v) is 4.07. The van der Waals surface area contributed by atoms with Crippen molar-refractivity contribution in [3.63, 3.8) is 0 Å². The summed E-state index contributed by atoms with van der Waals surface area (Å²) in [6.45, 7) is 3.16. The quantitative estimate of drug-likeness (QED) is 0.816. The zero-order chi connectivity index (χ0) is 13.5. The highest BCUT2D eigenvalue weighted by atomic mass is 19.1. The normalized spacial score (nSPS) is 10.9. The largest absolute Gasteiger partial charge is 0.481 e. The van der Waals surface area contributed by atoms with Crippen molar-refractivity contribution in [2.75, 3.05) is 13.1 Å². The Morgan fingerprint density at radius 1 is 1.33 bits per heavy atom. The predicted molar refractivity (Wildman–Crippen MR) is 64.2 cm³/mol. The van der Waals surface area contributed by atoms with E-state index in [1.807, 2.05) is 11.8 Å². The van der Waals surface area contributed by atoms with Gasteiger partial charge in [0.15, 0.2) is 0 Å². The van der Waals surface area contributed by atoms with Crippen LogP contribution in [0, 0.1) is 11.6 Å². The molecule has 0 unspecified atom stereocenters. The van der Waals surface area contributed by atoms with Gasteiger partial charge in [0.25, 0.3) is 0 Å². The highest BCUT2D eigenvalue weighted by molar-refractivity contribution is 5.66. The first-order chi connectivity index (χ1) is 8.54. The van der Waals surface area contributed by atoms with E-state index in [-0.39, 0.29) is 18.5 Å². The van der Waals surface area contributed by atoms with E-state index in [4.69, 9.17) is 5.11 Å². The SMILES string of the molecule is CCN(CCCC(=O)O)Cc1c(F)cccc1F. The van der Waals surface area contributed by atoms with Crippen LogP contribution >= 0.6 is 0 Å². The average molecular weight is 257 g/mol. The fourth-order valence-corrected chi connectivity index (χ4v) is 1.71. The van der Waals surface area contributed by atoms with Gasteiger partial charge in [0.2, 0.25) is 0 Å². The van der Waals surface area contributed by atoms with Crippen molar-refractivity contribution in [1.29, 1.82) is 0 Å². The molecule has 5 heteroatoms. The van der Waals surface area contributed by atoms with Gasteiger partial charge in [-0.2, -0.15) is 0 Å². The molecular weight excluding hydrogens is 240 g/mol.